The van der Waals surface area contributed by atoms with E-state index in [-0.39, 0.29) is 17.7 Å². The van der Waals surface area contributed by atoms with Gasteiger partial charge in [-0.3, -0.25) is 14.6 Å². The van der Waals surface area contributed by atoms with E-state index in [1.54, 1.807) is 24.5 Å². The molecule has 1 aromatic carbocycles. The minimum atomic E-state index is -0.0295. The standard InChI is InChI=1S/C21H23N3O2/c1-14(15-6-7-15)20(25)23-18-8-9-19-16(12-18)5-3-11-24(19)21(26)17-4-2-10-22-13-17/h2,4,8-10,12-15H,3,5-7,11H2,1H3,(H,23,25). The second kappa shape index (κ2) is 6.90. The first-order valence-corrected chi connectivity index (χ1v) is 9.29. The first-order valence-electron chi connectivity index (χ1n) is 9.29. The van der Waals surface area contributed by atoms with Crippen LogP contribution >= 0.6 is 0 Å². The van der Waals surface area contributed by atoms with Crippen molar-refractivity contribution < 1.29 is 9.59 Å². The molecule has 1 aliphatic carbocycles. The van der Waals surface area contributed by atoms with Gasteiger partial charge in [0, 0.05) is 36.2 Å². The SMILES string of the molecule is CC(C(=O)Nc1ccc2c(c1)CCCN2C(=O)c1cccnc1)C1CC1. The number of hydrogen-bond donors (Lipinski definition) is 1. The predicted molar refractivity (Wildman–Crippen MR) is 101 cm³/mol. The molecule has 4 rings (SSSR count). The number of hydrogen-bond acceptors (Lipinski definition) is 3. The molecule has 134 valence electrons. The van der Waals surface area contributed by atoms with Crippen LogP contribution in [0.1, 0.15) is 42.1 Å². The zero-order chi connectivity index (χ0) is 18.1. The first kappa shape index (κ1) is 16.8. The molecule has 1 aliphatic heterocycles. The van der Waals surface area contributed by atoms with Crippen molar-refractivity contribution in [3.05, 3.63) is 53.9 Å². The molecule has 2 heterocycles. The van der Waals surface area contributed by atoms with E-state index in [1.807, 2.05) is 30.0 Å². The average molecular weight is 349 g/mol. The minimum absolute atomic E-state index is 0.0295. The predicted octanol–water partition coefficient (Wildman–Crippen LogP) is 3.66. The zero-order valence-corrected chi connectivity index (χ0v) is 14.9. The molecule has 1 N–H and O–H groups in total. The van der Waals surface area contributed by atoms with Gasteiger partial charge in [-0.05, 0) is 67.5 Å². The number of fused-ring (bicyclic) bond motifs is 1. The van der Waals surface area contributed by atoms with Crippen LogP contribution < -0.4 is 10.2 Å². The highest BCUT2D eigenvalue weighted by molar-refractivity contribution is 6.06. The summed E-state index contributed by atoms with van der Waals surface area (Å²) in [6.45, 7) is 2.70. The summed E-state index contributed by atoms with van der Waals surface area (Å²) < 4.78 is 0. The van der Waals surface area contributed by atoms with Gasteiger partial charge in [-0.1, -0.05) is 6.92 Å². The van der Waals surface area contributed by atoms with E-state index in [2.05, 4.69) is 10.3 Å². The van der Waals surface area contributed by atoms with Gasteiger partial charge in [-0.15, -0.1) is 0 Å². The van der Waals surface area contributed by atoms with Crippen molar-refractivity contribution in [2.24, 2.45) is 11.8 Å². The summed E-state index contributed by atoms with van der Waals surface area (Å²) in [5.74, 6) is 0.666. The van der Waals surface area contributed by atoms with E-state index >= 15 is 0 Å². The van der Waals surface area contributed by atoms with Crippen molar-refractivity contribution >= 4 is 23.2 Å². The van der Waals surface area contributed by atoms with Gasteiger partial charge < -0.3 is 10.2 Å². The lowest BCUT2D eigenvalue weighted by atomic mass is 9.99. The topological polar surface area (TPSA) is 62.3 Å². The number of nitrogens with one attached hydrogen (secondary N) is 1. The van der Waals surface area contributed by atoms with Crippen LogP contribution in [-0.2, 0) is 11.2 Å². The fourth-order valence-electron chi connectivity index (χ4n) is 3.60. The fraction of sp³-hybridized carbons (Fsp3) is 0.381. The molecule has 0 radical (unpaired) electrons. The van der Waals surface area contributed by atoms with Gasteiger partial charge in [0.1, 0.15) is 0 Å². The van der Waals surface area contributed by atoms with Gasteiger partial charge in [-0.25, -0.2) is 0 Å². The normalized spacial score (nSPS) is 17.3. The maximum absolute atomic E-state index is 12.8. The Morgan fingerprint density at radius 2 is 2.12 bits per heavy atom. The smallest absolute Gasteiger partial charge is 0.259 e. The van der Waals surface area contributed by atoms with Crippen LogP contribution in [0.2, 0.25) is 0 Å². The van der Waals surface area contributed by atoms with Crippen molar-refractivity contribution in [2.45, 2.75) is 32.6 Å². The highest BCUT2D eigenvalue weighted by Crippen LogP contribution is 2.37. The number of carbonyl (C=O) groups is 2. The molecule has 5 nitrogen and oxygen atoms in total. The van der Waals surface area contributed by atoms with Crippen LogP contribution in [0, 0.1) is 11.8 Å². The number of aromatic nitrogens is 1. The van der Waals surface area contributed by atoms with E-state index in [0.717, 1.165) is 42.6 Å². The molecule has 1 atom stereocenters. The molecule has 0 bridgehead atoms. The van der Waals surface area contributed by atoms with E-state index in [0.29, 0.717) is 18.0 Å². The summed E-state index contributed by atoms with van der Waals surface area (Å²) in [6, 6.07) is 9.41. The highest BCUT2D eigenvalue weighted by Gasteiger charge is 2.32. The average Bonchev–Trinajstić information content (AvgIpc) is 3.52. The third-order valence-corrected chi connectivity index (χ3v) is 5.36. The van der Waals surface area contributed by atoms with Crippen molar-refractivity contribution in [3.63, 3.8) is 0 Å². The number of benzene rings is 1. The number of carbonyl (C=O) groups excluding carboxylic acids is 2. The molecule has 1 aromatic heterocycles. The Labute approximate surface area is 153 Å². The van der Waals surface area contributed by atoms with Gasteiger partial charge in [-0.2, -0.15) is 0 Å². The number of nitrogens with zero attached hydrogens (tertiary/aromatic N) is 2. The van der Waals surface area contributed by atoms with Crippen LogP contribution in [0.4, 0.5) is 11.4 Å². The quantitative estimate of drug-likeness (QED) is 0.916. The summed E-state index contributed by atoms with van der Waals surface area (Å²) in [7, 11) is 0. The first-order chi connectivity index (χ1) is 12.6. The Bertz CT molecular complexity index is 830. The third-order valence-electron chi connectivity index (χ3n) is 5.36. The van der Waals surface area contributed by atoms with Crippen LogP contribution in [0.25, 0.3) is 0 Å². The largest absolute Gasteiger partial charge is 0.326 e. The Balaban J connectivity index is 1.54. The molecule has 0 spiro atoms. The number of pyridine rings is 1. The molecule has 1 saturated carbocycles. The van der Waals surface area contributed by atoms with Crippen LogP contribution in [0.15, 0.2) is 42.7 Å². The third kappa shape index (κ3) is 3.34. The lowest BCUT2D eigenvalue weighted by Gasteiger charge is -2.30. The molecule has 26 heavy (non-hydrogen) atoms. The number of aryl methyl sites for hydroxylation is 1. The number of amides is 2. The molecule has 0 saturated heterocycles. The minimum Gasteiger partial charge on any atom is -0.326 e. The molecular formula is C21H23N3O2. The lowest BCUT2D eigenvalue weighted by molar-refractivity contribution is -0.119. The van der Waals surface area contributed by atoms with Gasteiger partial charge >= 0.3 is 0 Å². The lowest BCUT2D eigenvalue weighted by Crippen LogP contribution is -2.35. The summed E-state index contributed by atoms with van der Waals surface area (Å²) in [5, 5.41) is 3.04. The van der Waals surface area contributed by atoms with Crippen molar-refractivity contribution in [1.82, 2.24) is 4.98 Å². The van der Waals surface area contributed by atoms with Gasteiger partial charge in [0.25, 0.3) is 5.91 Å². The monoisotopic (exact) mass is 349 g/mol. The summed E-state index contributed by atoms with van der Waals surface area (Å²) in [5.41, 5.74) is 3.44. The molecule has 2 amide bonds. The fourth-order valence-corrected chi connectivity index (χ4v) is 3.60. The molecule has 2 aliphatic rings. The second-order valence-electron chi connectivity index (χ2n) is 7.26. The summed E-state index contributed by atoms with van der Waals surface area (Å²) in [4.78, 5) is 31.0. The van der Waals surface area contributed by atoms with Crippen molar-refractivity contribution in [2.75, 3.05) is 16.8 Å². The van der Waals surface area contributed by atoms with Crippen LogP contribution in [0.3, 0.4) is 0 Å². The van der Waals surface area contributed by atoms with Crippen molar-refractivity contribution in [1.29, 1.82) is 0 Å². The second-order valence-corrected chi connectivity index (χ2v) is 7.26. The van der Waals surface area contributed by atoms with Gasteiger partial charge in [0.15, 0.2) is 0 Å². The Morgan fingerprint density at radius 3 is 2.85 bits per heavy atom. The Kier molecular flexibility index (Phi) is 4.45. The van der Waals surface area contributed by atoms with E-state index < -0.39 is 0 Å². The van der Waals surface area contributed by atoms with E-state index in [1.165, 1.54) is 0 Å². The van der Waals surface area contributed by atoms with E-state index in [9.17, 15) is 9.59 Å². The molecular weight excluding hydrogens is 326 g/mol. The molecule has 5 heteroatoms. The maximum atomic E-state index is 12.8. The van der Waals surface area contributed by atoms with Crippen LogP contribution in [-0.4, -0.2) is 23.3 Å². The van der Waals surface area contributed by atoms with Crippen molar-refractivity contribution in [3.8, 4) is 0 Å². The molecule has 2 aromatic rings. The summed E-state index contributed by atoms with van der Waals surface area (Å²) >= 11 is 0. The molecule has 1 unspecified atom stereocenters. The Hall–Kier alpha value is -2.69. The number of rotatable bonds is 4. The van der Waals surface area contributed by atoms with Crippen LogP contribution in [0.5, 0.6) is 0 Å². The molecule has 1 fully saturated rings. The summed E-state index contributed by atoms with van der Waals surface area (Å²) in [6.07, 6.45) is 7.40. The number of anilines is 2. The zero-order valence-electron chi connectivity index (χ0n) is 14.9. The van der Waals surface area contributed by atoms with E-state index in [4.69, 9.17) is 0 Å². The van der Waals surface area contributed by atoms with Gasteiger partial charge in [0.05, 0.1) is 5.56 Å². The Morgan fingerprint density at radius 1 is 1.27 bits per heavy atom. The van der Waals surface area contributed by atoms with Gasteiger partial charge in [0.2, 0.25) is 5.91 Å². The maximum Gasteiger partial charge on any atom is 0.259 e. The highest BCUT2D eigenvalue weighted by atomic mass is 16.2.